The monoisotopic (exact) mass is 384 g/mol. The van der Waals surface area contributed by atoms with Crippen molar-refractivity contribution in [1.82, 2.24) is 9.97 Å². The van der Waals surface area contributed by atoms with Crippen molar-refractivity contribution in [1.29, 1.82) is 0 Å². The summed E-state index contributed by atoms with van der Waals surface area (Å²) in [7, 11) is 2.92. The summed E-state index contributed by atoms with van der Waals surface area (Å²) >= 11 is 0. The van der Waals surface area contributed by atoms with E-state index < -0.39 is 11.4 Å². The first-order chi connectivity index (χ1) is 13.6. The van der Waals surface area contributed by atoms with Crippen LogP contribution in [-0.2, 0) is 16.1 Å². The molecule has 4 rings (SSSR count). The number of rotatable bonds is 6. The van der Waals surface area contributed by atoms with Crippen molar-refractivity contribution < 1.29 is 23.0 Å². The largest absolute Gasteiger partial charge is 0.496 e. The van der Waals surface area contributed by atoms with Crippen LogP contribution in [0.25, 0.3) is 33.3 Å². The molecular formula is C20H17FN2O5. The maximum absolute atomic E-state index is 13.8. The van der Waals surface area contributed by atoms with E-state index in [9.17, 15) is 9.18 Å². The molecule has 0 aliphatic heterocycles. The average molecular weight is 384 g/mol. The van der Waals surface area contributed by atoms with E-state index in [0.717, 1.165) is 11.5 Å². The van der Waals surface area contributed by atoms with Gasteiger partial charge in [0.1, 0.15) is 47.5 Å². The van der Waals surface area contributed by atoms with Gasteiger partial charge in [0.25, 0.3) is 5.56 Å². The number of ether oxygens (including phenoxy) is 3. The second-order valence-corrected chi connectivity index (χ2v) is 6.14. The van der Waals surface area contributed by atoms with Crippen LogP contribution in [0.2, 0.25) is 0 Å². The number of nitrogens with one attached hydrogen (secondary N) is 1. The van der Waals surface area contributed by atoms with Crippen molar-refractivity contribution >= 4 is 21.9 Å². The standard InChI is InChI=1S/C20H17FN2O5/c1-25-10-27-9-14-6-12-5-11(3-4-16(12)28-14)19-22-15-7-13(21)8-17(26-2)18(15)20(24)23-19/h3-8H,9-10H2,1-2H3,(H,22,23,24). The van der Waals surface area contributed by atoms with Gasteiger partial charge in [0, 0.05) is 30.2 Å². The maximum atomic E-state index is 13.8. The number of aromatic amines is 1. The van der Waals surface area contributed by atoms with Crippen LogP contribution >= 0.6 is 0 Å². The second kappa shape index (κ2) is 7.41. The highest BCUT2D eigenvalue weighted by Crippen LogP contribution is 2.27. The first-order valence-electron chi connectivity index (χ1n) is 8.46. The molecule has 0 bridgehead atoms. The zero-order valence-corrected chi connectivity index (χ0v) is 15.2. The SMILES string of the molecule is COCOCc1cc2cc(-c3nc4cc(F)cc(OC)c4c(=O)[nH]3)ccc2o1. The molecule has 2 aromatic heterocycles. The van der Waals surface area contributed by atoms with Gasteiger partial charge in [-0.1, -0.05) is 0 Å². The lowest BCUT2D eigenvalue weighted by Gasteiger charge is -2.07. The highest BCUT2D eigenvalue weighted by molar-refractivity contribution is 5.87. The zero-order valence-electron chi connectivity index (χ0n) is 15.2. The molecule has 0 aliphatic rings. The fraction of sp³-hybridized carbons (Fsp3) is 0.200. The quantitative estimate of drug-likeness (QED) is 0.404. The Hall–Kier alpha value is -3.23. The predicted octanol–water partition coefficient (Wildman–Crippen LogP) is 3.60. The normalized spacial score (nSPS) is 11.4. The van der Waals surface area contributed by atoms with Gasteiger partial charge >= 0.3 is 0 Å². The Kier molecular flexibility index (Phi) is 4.81. The van der Waals surface area contributed by atoms with E-state index in [4.69, 9.17) is 18.6 Å². The first-order valence-corrected chi connectivity index (χ1v) is 8.46. The molecule has 0 unspecified atom stereocenters. The molecular weight excluding hydrogens is 367 g/mol. The second-order valence-electron chi connectivity index (χ2n) is 6.14. The predicted molar refractivity (Wildman–Crippen MR) is 101 cm³/mol. The Balaban J connectivity index is 1.76. The molecule has 2 aromatic carbocycles. The number of aromatic nitrogens is 2. The van der Waals surface area contributed by atoms with E-state index in [-0.39, 0.29) is 30.1 Å². The minimum absolute atomic E-state index is 0.140. The third-order valence-corrected chi connectivity index (χ3v) is 4.24. The van der Waals surface area contributed by atoms with Crippen molar-refractivity contribution in [2.45, 2.75) is 6.61 Å². The summed E-state index contributed by atoms with van der Waals surface area (Å²) in [6, 6.07) is 9.59. The van der Waals surface area contributed by atoms with Crippen molar-refractivity contribution in [3.63, 3.8) is 0 Å². The van der Waals surface area contributed by atoms with E-state index in [1.165, 1.54) is 13.2 Å². The highest BCUT2D eigenvalue weighted by atomic mass is 19.1. The molecule has 0 atom stereocenters. The lowest BCUT2D eigenvalue weighted by Crippen LogP contribution is -2.11. The van der Waals surface area contributed by atoms with Crippen LogP contribution in [0.3, 0.4) is 0 Å². The Morgan fingerprint density at radius 2 is 2.04 bits per heavy atom. The molecule has 4 aromatic rings. The highest BCUT2D eigenvalue weighted by Gasteiger charge is 2.13. The van der Waals surface area contributed by atoms with Crippen LogP contribution in [0, 0.1) is 5.82 Å². The fourth-order valence-electron chi connectivity index (χ4n) is 3.04. The topological polar surface area (TPSA) is 86.6 Å². The summed E-state index contributed by atoms with van der Waals surface area (Å²) < 4.78 is 34.8. The molecule has 1 N–H and O–H groups in total. The molecule has 0 spiro atoms. The van der Waals surface area contributed by atoms with Crippen LogP contribution in [-0.4, -0.2) is 31.0 Å². The van der Waals surface area contributed by atoms with E-state index >= 15 is 0 Å². The number of furan rings is 1. The molecule has 0 saturated carbocycles. The number of benzene rings is 2. The van der Waals surface area contributed by atoms with Crippen LogP contribution in [0.4, 0.5) is 4.39 Å². The van der Waals surface area contributed by atoms with E-state index in [1.54, 1.807) is 19.2 Å². The van der Waals surface area contributed by atoms with E-state index in [2.05, 4.69) is 9.97 Å². The lowest BCUT2D eigenvalue weighted by molar-refractivity contribution is -0.0437. The van der Waals surface area contributed by atoms with Gasteiger partial charge in [0.2, 0.25) is 0 Å². The number of halogens is 1. The summed E-state index contributed by atoms with van der Waals surface area (Å²) in [5.41, 5.74) is 1.16. The number of nitrogens with zero attached hydrogens (tertiary/aromatic N) is 1. The summed E-state index contributed by atoms with van der Waals surface area (Å²) in [5, 5.41) is 1.03. The van der Waals surface area contributed by atoms with Gasteiger partial charge in [0.05, 0.1) is 12.6 Å². The first kappa shape index (κ1) is 18.1. The number of fused-ring (bicyclic) bond motifs is 2. The van der Waals surface area contributed by atoms with Gasteiger partial charge in [-0.15, -0.1) is 0 Å². The van der Waals surface area contributed by atoms with Crippen molar-refractivity contribution in [2.24, 2.45) is 0 Å². The van der Waals surface area contributed by atoms with Gasteiger partial charge in [0.15, 0.2) is 0 Å². The van der Waals surface area contributed by atoms with Crippen LogP contribution in [0.5, 0.6) is 5.75 Å². The molecule has 144 valence electrons. The molecule has 0 fully saturated rings. The van der Waals surface area contributed by atoms with E-state index in [0.29, 0.717) is 22.7 Å². The van der Waals surface area contributed by atoms with Gasteiger partial charge < -0.3 is 23.6 Å². The maximum Gasteiger partial charge on any atom is 0.262 e. The summed E-state index contributed by atoms with van der Waals surface area (Å²) in [6.07, 6.45) is 0. The number of methoxy groups -OCH3 is 2. The van der Waals surface area contributed by atoms with Gasteiger partial charge in [-0.25, -0.2) is 9.37 Å². The number of hydrogen-bond acceptors (Lipinski definition) is 6. The van der Waals surface area contributed by atoms with Crippen LogP contribution in [0.15, 0.2) is 45.6 Å². The van der Waals surface area contributed by atoms with E-state index in [1.807, 2.05) is 12.1 Å². The van der Waals surface area contributed by atoms with Crippen LogP contribution < -0.4 is 10.3 Å². The average Bonchev–Trinajstić information content (AvgIpc) is 3.09. The lowest BCUT2D eigenvalue weighted by atomic mass is 10.1. The van der Waals surface area contributed by atoms with Crippen LogP contribution in [0.1, 0.15) is 5.76 Å². The minimum atomic E-state index is -0.528. The Labute approximate surface area is 158 Å². The molecule has 2 heterocycles. The van der Waals surface area contributed by atoms with Gasteiger partial charge in [-0.2, -0.15) is 0 Å². The summed E-state index contributed by atoms with van der Waals surface area (Å²) in [6.45, 7) is 0.451. The van der Waals surface area contributed by atoms with Gasteiger partial charge in [-0.05, 0) is 24.3 Å². The van der Waals surface area contributed by atoms with Crippen molar-refractivity contribution in [3.05, 3.63) is 58.3 Å². The Morgan fingerprint density at radius 3 is 2.82 bits per heavy atom. The third kappa shape index (κ3) is 3.35. The fourth-order valence-corrected chi connectivity index (χ4v) is 3.04. The Bertz CT molecular complexity index is 1210. The summed E-state index contributed by atoms with van der Waals surface area (Å²) in [4.78, 5) is 19.7. The summed E-state index contributed by atoms with van der Waals surface area (Å²) in [5.74, 6) is 0.585. The number of hydrogen-bond donors (Lipinski definition) is 1. The van der Waals surface area contributed by atoms with Crippen molar-refractivity contribution in [2.75, 3.05) is 21.0 Å². The number of H-pyrrole nitrogens is 1. The molecule has 0 saturated heterocycles. The molecule has 28 heavy (non-hydrogen) atoms. The molecule has 0 radical (unpaired) electrons. The van der Waals surface area contributed by atoms with Crippen molar-refractivity contribution in [3.8, 4) is 17.1 Å². The molecule has 0 amide bonds. The minimum Gasteiger partial charge on any atom is -0.496 e. The molecule has 0 aliphatic carbocycles. The third-order valence-electron chi connectivity index (χ3n) is 4.24. The Morgan fingerprint density at radius 1 is 1.18 bits per heavy atom. The zero-order chi connectivity index (χ0) is 19.7. The molecule has 8 heteroatoms. The van der Waals surface area contributed by atoms with Gasteiger partial charge in [-0.3, -0.25) is 4.79 Å². The smallest absolute Gasteiger partial charge is 0.262 e. The molecule has 7 nitrogen and oxygen atoms in total.